The van der Waals surface area contributed by atoms with Crippen LogP contribution in [0.15, 0.2) is 18.2 Å². The maximum absolute atomic E-state index is 13.6. The molecule has 100 valence electrons. The standard InChI is InChI=1S/C15H18FN3/c1-5-17-14-10(3)11(4)18-15(19-14)12-7-6-9(2)13(16)8-12/h6-8H,5H2,1-4H3,(H,17,18,19). The van der Waals surface area contributed by atoms with Gasteiger partial charge in [0.1, 0.15) is 11.6 Å². The van der Waals surface area contributed by atoms with Gasteiger partial charge in [0.05, 0.1) is 0 Å². The summed E-state index contributed by atoms with van der Waals surface area (Å²) in [5, 5.41) is 3.21. The predicted molar refractivity (Wildman–Crippen MR) is 75.8 cm³/mol. The summed E-state index contributed by atoms with van der Waals surface area (Å²) in [6.07, 6.45) is 0. The van der Waals surface area contributed by atoms with E-state index in [0.717, 1.165) is 23.6 Å². The fraction of sp³-hybridized carbons (Fsp3) is 0.333. The molecule has 3 nitrogen and oxygen atoms in total. The first kappa shape index (κ1) is 13.5. The lowest BCUT2D eigenvalue weighted by Crippen LogP contribution is -2.06. The zero-order valence-corrected chi connectivity index (χ0v) is 11.7. The van der Waals surface area contributed by atoms with E-state index in [1.807, 2.05) is 26.8 Å². The summed E-state index contributed by atoms with van der Waals surface area (Å²) in [6, 6.07) is 5.07. The largest absolute Gasteiger partial charge is 0.370 e. The number of rotatable bonds is 3. The van der Waals surface area contributed by atoms with Crippen LogP contribution in [0.25, 0.3) is 11.4 Å². The summed E-state index contributed by atoms with van der Waals surface area (Å²) in [5.74, 6) is 1.13. The highest BCUT2D eigenvalue weighted by atomic mass is 19.1. The van der Waals surface area contributed by atoms with Gasteiger partial charge in [-0.2, -0.15) is 0 Å². The molecule has 0 aliphatic heterocycles. The van der Waals surface area contributed by atoms with Gasteiger partial charge in [0.15, 0.2) is 5.82 Å². The van der Waals surface area contributed by atoms with Gasteiger partial charge in [-0.05, 0) is 39.3 Å². The third kappa shape index (κ3) is 2.72. The van der Waals surface area contributed by atoms with E-state index < -0.39 is 0 Å². The van der Waals surface area contributed by atoms with Crippen molar-refractivity contribution in [2.24, 2.45) is 0 Å². The van der Waals surface area contributed by atoms with Crippen molar-refractivity contribution in [1.29, 1.82) is 0 Å². The molecule has 0 radical (unpaired) electrons. The molecular formula is C15H18FN3. The van der Waals surface area contributed by atoms with Crippen LogP contribution in [0, 0.1) is 26.6 Å². The van der Waals surface area contributed by atoms with Crippen molar-refractivity contribution in [3.8, 4) is 11.4 Å². The average molecular weight is 259 g/mol. The Kier molecular flexibility index (Phi) is 3.79. The molecule has 4 heteroatoms. The van der Waals surface area contributed by atoms with Crippen LogP contribution in [0.1, 0.15) is 23.7 Å². The number of halogens is 1. The van der Waals surface area contributed by atoms with Crippen molar-refractivity contribution >= 4 is 5.82 Å². The second kappa shape index (κ2) is 5.34. The normalized spacial score (nSPS) is 10.6. The molecule has 1 aromatic carbocycles. The summed E-state index contributed by atoms with van der Waals surface area (Å²) in [4.78, 5) is 8.91. The van der Waals surface area contributed by atoms with E-state index >= 15 is 0 Å². The molecular weight excluding hydrogens is 241 g/mol. The van der Waals surface area contributed by atoms with Crippen LogP contribution in [0.3, 0.4) is 0 Å². The molecule has 0 bridgehead atoms. The van der Waals surface area contributed by atoms with Crippen molar-refractivity contribution in [3.05, 3.63) is 40.8 Å². The minimum Gasteiger partial charge on any atom is -0.370 e. The van der Waals surface area contributed by atoms with E-state index in [-0.39, 0.29) is 5.82 Å². The van der Waals surface area contributed by atoms with Crippen LogP contribution in [0.5, 0.6) is 0 Å². The van der Waals surface area contributed by atoms with E-state index in [0.29, 0.717) is 17.0 Å². The number of anilines is 1. The zero-order valence-electron chi connectivity index (χ0n) is 11.7. The third-order valence-corrected chi connectivity index (χ3v) is 3.16. The molecule has 0 saturated carbocycles. The topological polar surface area (TPSA) is 37.8 Å². The van der Waals surface area contributed by atoms with E-state index in [1.165, 1.54) is 6.07 Å². The first-order valence-corrected chi connectivity index (χ1v) is 6.38. The number of benzene rings is 1. The van der Waals surface area contributed by atoms with E-state index in [4.69, 9.17) is 0 Å². The first-order valence-electron chi connectivity index (χ1n) is 6.38. The zero-order chi connectivity index (χ0) is 14.0. The van der Waals surface area contributed by atoms with Crippen molar-refractivity contribution < 1.29 is 4.39 Å². The summed E-state index contributed by atoms with van der Waals surface area (Å²) in [5.41, 5.74) is 3.25. The SMILES string of the molecule is CCNc1nc(-c2ccc(C)c(F)c2)nc(C)c1C. The summed E-state index contributed by atoms with van der Waals surface area (Å²) in [6.45, 7) is 8.46. The summed E-state index contributed by atoms with van der Waals surface area (Å²) in [7, 11) is 0. The molecule has 19 heavy (non-hydrogen) atoms. The predicted octanol–water partition coefficient (Wildman–Crippen LogP) is 3.64. The van der Waals surface area contributed by atoms with Crippen molar-refractivity contribution in [2.75, 3.05) is 11.9 Å². The first-order chi connectivity index (χ1) is 9.02. The highest BCUT2D eigenvalue weighted by Crippen LogP contribution is 2.23. The van der Waals surface area contributed by atoms with Crippen LogP contribution >= 0.6 is 0 Å². The fourth-order valence-corrected chi connectivity index (χ4v) is 1.83. The van der Waals surface area contributed by atoms with E-state index in [1.54, 1.807) is 13.0 Å². The van der Waals surface area contributed by atoms with Gasteiger partial charge in [0, 0.05) is 23.4 Å². The Balaban J connectivity index is 2.52. The van der Waals surface area contributed by atoms with Gasteiger partial charge in [-0.3, -0.25) is 0 Å². The highest BCUT2D eigenvalue weighted by molar-refractivity contribution is 5.60. The van der Waals surface area contributed by atoms with Gasteiger partial charge in [-0.15, -0.1) is 0 Å². The van der Waals surface area contributed by atoms with Crippen LogP contribution < -0.4 is 5.32 Å². The molecule has 0 saturated heterocycles. The van der Waals surface area contributed by atoms with Gasteiger partial charge in [0.25, 0.3) is 0 Å². The van der Waals surface area contributed by atoms with Gasteiger partial charge in [0.2, 0.25) is 0 Å². The summed E-state index contributed by atoms with van der Waals surface area (Å²) < 4.78 is 13.6. The number of nitrogens with one attached hydrogen (secondary N) is 1. The van der Waals surface area contributed by atoms with Gasteiger partial charge in [-0.1, -0.05) is 12.1 Å². The van der Waals surface area contributed by atoms with Crippen LogP contribution in [0.2, 0.25) is 0 Å². The summed E-state index contributed by atoms with van der Waals surface area (Å²) >= 11 is 0. The van der Waals surface area contributed by atoms with Crippen molar-refractivity contribution in [2.45, 2.75) is 27.7 Å². The monoisotopic (exact) mass is 259 g/mol. The Hall–Kier alpha value is -1.97. The molecule has 0 atom stereocenters. The lowest BCUT2D eigenvalue weighted by molar-refractivity contribution is 0.619. The highest BCUT2D eigenvalue weighted by Gasteiger charge is 2.10. The molecule has 2 rings (SSSR count). The molecule has 0 aliphatic carbocycles. The Labute approximate surface area is 112 Å². The second-order valence-electron chi connectivity index (χ2n) is 4.60. The second-order valence-corrected chi connectivity index (χ2v) is 4.60. The lowest BCUT2D eigenvalue weighted by Gasteiger charge is -2.11. The van der Waals surface area contributed by atoms with Crippen LogP contribution in [-0.4, -0.2) is 16.5 Å². The van der Waals surface area contributed by atoms with Gasteiger partial charge < -0.3 is 5.32 Å². The number of aromatic nitrogens is 2. The minimum atomic E-state index is -0.232. The van der Waals surface area contributed by atoms with Crippen LogP contribution in [-0.2, 0) is 0 Å². The molecule has 0 unspecified atom stereocenters. The molecule has 2 aromatic rings. The molecule has 0 spiro atoms. The quantitative estimate of drug-likeness (QED) is 0.914. The third-order valence-electron chi connectivity index (χ3n) is 3.16. The Bertz CT molecular complexity index is 609. The Morgan fingerprint density at radius 2 is 1.89 bits per heavy atom. The molecule has 0 aliphatic rings. The van der Waals surface area contributed by atoms with Crippen LogP contribution in [0.4, 0.5) is 10.2 Å². The average Bonchev–Trinajstić information content (AvgIpc) is 2.38. The number of nitrogens with zero attached hydrogens (tertiary/aromatic N) is 2. The maximum Gasteiger partial charge on any atom is 0.161 e. The number of hydrogen-bond donors (Lipinski definition) is 1. The minimum absolute atomic E-state index is 0.232. The fourth-order valence-electron chi connectivity index (χ4n) is 1.83. The van der Waals surface area contributed by atoms with E-state index in [9.17, 15) is 4.39 Å². The smallest absolute Gasteiger partial charge is 0.161 e. The van der Waals surface area contributed by atoms with Gasteiger partial charge in [-0.25, -0.2) is 14.4 Å². The number of hydrogen-bond acceptors (Lipinski definition) is 3. The molecule has 1 N–H and O–H groups in total. The van der Waals surface area contributed by atoms with Crippen molar-refractivity contribution in [3.63, 3.8) is 0 Å². The molecule has 0 fully saturated rings. The van der Waals surface area contributed by atoms with Gasteiger partial charge >= 0.3 is 0 Å². The Morgan fingerprint density at radius 1 is 1.16 bits per heavy atom. The van der Waals surface area contributed by atoms with E-state index in [2.05, 4.69) is 15.3 Å². The van der Waals surface area contributed by atoms with Crippen molar-refractivity contribution in [1.82, 2.24) is 9.97 Å². The molecule has 0 amide bonds. The lowest BCUT2D eigenvalue weighted by atomic mass is 10.1. The maximum atomic E-state index is 13.6. The molecule has 1 aromatic heterocycles. The number of aryl methyl sites for hydroxylation is 2. The molecule has 1 heterocycles. The Morgan fingerprint density at radius 3 is 2.53 bits per heavy atom.